The topological polar surface area (TPSA) is 46.9 Å². The van der Waals surface area contributed by atoms with Crippen molar-refractivity contribution < 1.29 is 4.79 Å². The first-order chi connectivity index (χ1) is 12.5. The summed E-state index contributed by atoms with van der Waals surface area (Å²) in [5, 5.41) is 8.16. The molecule has 26 heavy (non-hydrogen) atoms. The van der Waals surface area contributed by atoms with Crippen LogP contribution in [0.2, 0.25) is 5.02 Å². The first kappa shape index (κ1) is 18.2. The van der Waals surface area contributed by atoms with Crippen LogP contribution in [0.3, 0.4) is 0 Å². The third-order valence-electron chi connectivity index (χ3n) is 4.21. The molecule has 1 N–H and O–H groups in total. The predicted octanol–water partition coefficient (Wildman–Crippen LogP) is 4.17. The lowest BCUT2D eigenvalue weighted by atomic mass is 10.1. The van der Waals surface area contributed by atoms with Crippen molar-refractivity contribution in [3.8, 4) is 0 Å². The molecule has 0 radical (unpaired) electrons. The summed E-state index contributed by atoms with van der Waals surface area (Å²) in [6, 6.07) is 17.4. The smallest absolute Gasteiger partial charge is 0.251 e. The van der Waals surface area contributed by atoms with Crippen molar-refractivity contribution in [2.75, 3.05) is 6.54 Å². The summed E-state index contributed by atoms with van der Waals surface area (Å²) in [6.07, 6.45) is 0.748. The number of carbonyl (C=O) groups excluding carboxylic acids is 1. The quantitative estimate of drug-likeness (QED) is 0.710. The zero-order valence-electron chi connectivity index (χ0n) is 15.0. The fourth-order valence-electron chi connectivity index (χ4n) is 2.93. The molecule has 0 aliphatic heterocycles. The van der Waals surface area contributed by atoms with Crippen LogP contribution in [0.4, 0.5) is 0 Å². The van der Waals surface area contributed by atoms with Gasteiger partial charge in [0.2, 0.25) is 0 Å². The molecule has 0 aliphatic rings. The van der Waals surface area contributed by atoms with E-state index in [1.165, 1.54) is 0 Å². The van der Waals surface area contributed by atoms with Gasteiger partial charge in [-0.05, 0) is 61.7 Å². The molecule has 5 heteroatoms. The molecule has 0 fully saturated rings. The molecule has 0 bridgehead atoms. The van der Waals surface area contributed by atoms with Gasteiger partial charge in [-0.3, -0.25) is 9.48 Å². The van der Waals surface area contributed by atoms with Crippen LogP contribution in [0.25, 0.3) is 0 Å². The van der Waals surface area contributed by atoms with Crippen molar-refractivity contribution in [1.29, 1.82) is 0 Å². The normalized spacial score (nSPS) is 10.7. The molecule has 4 nitrogen and oxygen atoms in total. The van der Waals surface area contributed by atoms with E-state index >= 15 is 0 Å². The Morgan fingerprint density at radius 2 is 1.85 bits per heavy atom. The van der Waals surface area contributed by atoms with Crippen molar-refractivity contribution in [1.82, 2.24) is 15.1 Å². The molecule has 0 saturated carbocycles. The summed E-state index contributed by atoms with van der Waals surface area (Å²) >= 11 is 5.98. The van der Waals surface area contributed by atoms with Gasteiger partial charge in [-0.15, -0.1) is 0 Å². The molecule has 2 aromatic carbocycles. The Morgan fingerprint density at radius 1 is 1.08 bits per heavy atom. The highest BCUT2D eigenvalue weighted by molar-refractivity contribution is 6.30. The van der Waals surface area contributed by atoms with Crippen LogP contribution in [-0.4, -0.2) is 22.2 Å². The van der Waals surface area contributed by atoms with Crippen LogP contribution < -0.4 is 5.32 Å². The first-order valence-electron chi connectivity index (χ1n) is 8.64. The lowest BCUT2D eigenvalue weighted by molar-refractivity contribution is 0.0954. The molecule has 0 aliphatic carbocycles. The standard InChI is InChI=1S/C21H22ClN3O/c1-15-11-16(2)25(24-15)14-18-6-3-7-19(12-18)21(26)23-10-9-17-5-4-8-20(22)13-17/h3-8,11-13H,9-10,14H2,1-2H3,(H,23,26). The fourth-order valence-corrected chi connectivity index (χ4v) is 3.15. The van der Waals surface area contributed by atoms with Gasteiger partial charge in [0, 0.05) is 22.8 Å². The number of benzene rings is 2. The zero-order chi connectivity index (χ0) is 18.5. The number of hydrogen-bond donors (Lipinski definition) is 1. The number of amides is 1. The molecular formula is C21H22ClN3O. The highest BCUT2D eigenvalue weighted by Gasteiger charge is 2.08. The van der Waals surface area contributed by atoms with E-state index in [1.807, 2.05) is 73.1 Å². The molecule has 1 heterocycles. The van der Waals surface area contributed by atoms with Crippen LogP contribution in [0.5, 0.6) is 0 Å². The van der Waals surface area contributed by atoms with E-state index in [1.54, 1.807) is 0 Å². The average Bonchev–Trinajstić information content (AvgIpc) is 2.92. The molecule has 1 amide bonds. The summed E-state index contributed by atoms with van der Waals surface area (Å²) in [4.78, 5) is 12.4. The highest BCUT2D eigenvalue weighted by Crippen LogP contribution is 2.12. The number of aryl methyl sites for hydroxylation is 2. The number of rotatable bonds is 6. The average molecular weight is 368 g/mol. The molecule has 3 aromatic rings. The second-order valence-electron chi connectivity index (χ2n) is 6.42. The second-order valence-corrected chi connectivity index (χ2v) is 6.86. The fraction of sp³-hybridized carbons (Fsp3) is 0.238. The van der Waals surface area contributed by atoms with Crippen LogP contribution >= 0.6 is 11.6 Å². The minimum absolute atomic E-state index is 0.0674. The Bertz CT molecular complexity index is 917. The lowest BCUT2D eigenvalue weighted by Gasteiger charge is -2.09. The van der Waals surface area contributed by atoms with Crippen molar-refractivity contribution in [3.05, 3.63) is 87.7 Å². The Kier molecular flexibility index (Phi) is 5.74. The van der Waals surface area contributed by atoms with Gasteiger partial charge in [0.05, 0.1) is 12.2 Å². The van der Waals surface area contributed by atoms with Crippen molar-refractivity contribution in [2.24, 2.45) is 0 Å². The first-order valence-corrected chi connectivity index (χ1v) is 9.02. The van der Waals surface area contributed by atoms with Crippen molar-refractivity contribution in [2.45, 2.75) is 26.8 Å². The van der Waals surface area contributed by atoms with E-state index < -0.39 is 0 Å². The van der Waals surface area contributed by atoms with E-state index in [-0.39, 0.29) is 5.91 Å². The van der Waals surface area contributed by atoms with E-state index in [2.05, 4.69) is 10.4 Å². The van der Waals surface area contributed by atoms with E-state index in [9.17, 15) is 4.79 Å². The number of carbonyl (C=O) groups is 1. The number of halogens is 1. The summed E-state index contributed by atoms with van der Waals surface area (Å²) in [5.74, 6) is -0.0674. The maximum Gasteiger partial charge on any atom is 0.251 e. The third-order valence-corrected chi connectivity index (χ3v) is 4.45. The van der Waals surface area contributed by atoms with Crippen molar-refractivity contribution in [3.63, 3.8) is 0 Å². The number of nitrogens with one attached hydrogen (secondary N) is 1. The molecule has 3 rings (SSSR count). The van der Waals surface area contributed by atoms with Crippen molar-refractivity contribution >= 4 is 17.5 Å². The molecule has 0 spiro atoms. The van der Waals surface area contributed by atoms with Gasteiger partial charge in [0.15, 0.2) is 0 Å². The highest BCUT2D eigenvalue weighted by atomic mass is 35.5. The Balaban J connectivity index is 1.60. The third kappa shape index (κ3) is 4.73. The largest absolute Gasteiger partial charge is 0.352 e. The molecule has 0 atom stereocenters. The Hall–Kier alpha value is -2.59. The molecule has 1 aromatic heterocycles. The van der Waals surface area contributed by atoms with Gasteiger partial charge in [0.1, 0.15) is 0 Å². The van der Waals surface area contributed by atoms with Gasteiger partial charge in [-0.25, -0.2) is 0 Å². The van der Waals surface area contributed by atoms with E-state index in [4.69, 9.17) is 11.6 Å². The van der Waals surface area contributed by atoms with Gasteiger partial charge in [0.25, 0.3) is 5.91 Å². The van der Waals surface area contributed by atoms with Gasteiger partial charge < -0.3 is 5.32 Å². The Morgan fingerprint density at radius 3 is 2.58 bits per heavy atom. The second kappa shape index (κ2) is 8.19. The van der Waals surface area contributed by atoms with Gasteiger partial charge in [-0.2, -0.15) is 5.10 Å². The summed E-state index contributed by atoms with van der Waals surface area (Å²) in [5.41, 5.74) is 4.93. The SMILES string of the molecule is Cc1cc(C)n(Cc2cccc(C(=O)NCCc3cccc(Cl)c3)c2)n1. The number of aromatic nitrogens is 2. The minimum atomic E-state index is -0.0674. The van der Waals surface area contributed by atoms with Crippen LogP contribution in [0.1, 0.15) is 32.9 Å². The molecule has 0 saturated heterocycles. The molecule has 134 valence electrons. The summed E-state index contributed by atoms with van der Waals surface area (Å²) in [6.45, 7) is 5.24. The lowest BCUT2D eigenvalue weighted by Crippen LogP contribution is -2.25. The predicted molar refractivity (Wildman–Crippen MR) is 105 cm³/mol. The monoisotopic (exact) mass is 367 g/mol. The molecular weight excluding hydrogens is 346 g/mol. The van der Waals surface area contributed by atoms with Crippen LogP contribution in [0.15, 0.2) is 54.6 Å². The molecule has 0 unspecified atom stereocenters. The minimum Gasteiger partial charge on any atom is -0.352 e. The van der Waals surface area contributed by atoms with E-state index in [0.717, 1.165) is 28.9 Å². The Labute approximate surface area is 158 Å². The van der Waals surface area contributed by atoms with Crippen LogP contribution in [-0.2, 0) is 13.0 Å². The summed E-state index contributed by atoms with van der Waals surface area (Å²) < 4.78 is 1.95. The maximum absolute atomic E-state index is 12.4. The number of hydrogen-bond acceptors (Lipinski definition) is 2. The van der Waals surface area contributed by atoms with Gasteiger partial charge in [-0.1, -0.05) is 35.9 Å². The summed E-state index contributed by atoms with van der Waals surface area (Å²) in [7, 11) is 0. The maximum atomic E-state index is 12.4. The van der Waals surface area contributed by atoms with E-state index in [0.29, 0.717) is 23.7 Å². The zero-order valence-corrected chi connectivity index (χ0v) is 15.8. The van der Waals surface area contributed by atoms with Crippen LogP contribution in [0, 0.1) is 13.8 Å². The number of nitrogens with zero attached hydrogens (tertiary/aromatic N) is 2. The van der Waals surface area contributed by atoms with Gasteiger partial charge >= 0.3 is 0 Å².